The molecule has 1 atom stereocenters. The number of benzene rings is 2. The summed E-state index contributed by atoms with van der Waals surface area (Å²) in [6.07, 6.45) is 0.689. The van der Waals surface area contributed by atoms with E-state index in [1.807, 2.05) is 13.0 Å². The third-order valence-electron chi connectivity index (χ3n) is 3.98. The van der Waals surface area contributed by atoms with Gasteiger partial charge in [0.15, 0.2) is 6.10 Å². The lowest BCUT2D eigenvalue weighted by molar-refractivity contribution is -0.123. The third-order valence-corrected chi connectivity index (χ3v) is 4.21. The number of ether oxygens (including phenoxy) is 1. The molecule has 1 amide bonds. The zero-order valence-electron chi connectivity index (χ0n) is 14.3. The Morgan fingerprint density at radius 1 is 1.15 bits per heavy atom. The van der Waals surface area contributed by atoms with Gasteiger partial charge >= 0.3 is 5.97 Å². The number of nitrogens with one attached hydrogen (secondary N) is 1. The molecule has 0 radical (unpaired) electrons. The molecule has 1 heterocycles. The van der Waals surface area contributed by atoms with Crippen molar-refractivity contribution < 1.29 is 14.3 Å². The van der Waals surface area contributed by atoms with Crippen LogP contribution in [0.5, 0.6) is 0 Å². The first-order chi connectivity index (χ1) is 12.5. The minimum Gasteiger partial charge on any atom is -0.449 e. The second kappa shape index (κ2) is 7.54. The van der Waals surface area contributed by atoms with Crippen LogP contribution in [-0.4, -0.2) is 23.0 Å². The maximum absolute atomic E-state index is 12.5. The number of pyridine rings is 1. The average molecular weight is 369 g/mol. The van der Waals surface area contributed by atoms with E-state index in [0.29, 0.717) is 27.2 Å². The first-order valence-electron chi connectivity index (χ1n) is 8.07. The number of aromatic nitrogens is 1. The van der Waals surface area contributed by atoms with Gasteiger partial charge in [-0.05, 0) is 49.7 Å². The number of hydrogen-bond acceptors (Lipinski definition) is 4. The SMILES string of the molecule is Cc1ccc(Cl)cc1NC(=O)C(C)OC(=O)c1cccc2ncccc12. The van der Waals surface area contributed by atoms with Crippen LogP contribution >= 0.6 is 11.6 Å². The summed E-state index contributed by atoms with van der Waals surface area (Å²) in [7, 11) is 0. The van der Waals surface area contributed by atoms with E-state index in [4.69, 9.17) is 16.3 Å². The zero-order valence-corrected chi connectivity index (χ0v) is 15.1. The molecule has 0 aliphatic rings. The van der Waals surface area contributed by atoms with Crippen molar-refractivity contribution >= 4 is 40.1 Å². The van der Waals surface area contributed by atoms with Crippen LogP contribution in [0.3, 0.4) is 0 Å². The Bertz CT molecular complexity index is 982. The average Bonchev–Trinajstić information content (AvgIpc) is 2.64. The Kier molecular flexibility index (Phi) is 5.19. The minimum absolute atomic E-state index is 0.370. The Labute approximate surface area is 156 Å². The van der Waals surface area contributed by atoms with Crippen LogP contribution in [0, 0.1) is 6.92 Å². The summed E-state index contributed by atoms with van der Waals surface area (Å²) >= 11 is 5.96. The number of carbonyl (C=O) groups excluding carboxylic acids is 2. The van der Waals surface area contributed by atoms with Crippen LogP contribution in [0.1, 0.15) is 22.8 Å². The lowest BCUT2D eigenvalue weighted by Gasteiger charge is -2.15. The summed E-state index contributed by atoms with van der Waals surface area (Å²) in [4.78, 5) is 29.1. The number of anilines is 1. The largest absolute Gasteiger partial charge is 0.449 e. The molecule has 6 heteroatoms. The molecule has 3 aromatic rings. The number of nitrogens with zero attached hydrogens (tertiary/aromatic N) is 1. The fraction of sp³-hybridized carbons (Fsp3) is 0.150. The molecule has 132 valence electrons. The Balaban J connectivity index is 1.74. The fourth-order valence-electron chi connectivity index (χ4n) is 2.52. The van der Waals surface area contributed by atoms with Crippen LogP contribution in [-0.2, 0) is 9.53 Å². The van der Waals surface area contributed by atoms with Gasteiger partial charge in [0.25, 0.3) is 5.91 Å². The molecule has 0 saturated heterocycles. The maximum atomic E-state index is 12.5. The van der Waals surface area contributed by atoms with Crippen molar-refractivity contribution in [2.24, 2.45) is 0 Å². The summed E-state index contributed by atoms with van der Waals surface area (Å²) < 4.78 is 5.34. The molecular weight excluding hydrogens is 352 g/mol. The molecule has 26 heavy (non-hydrogen) atoms. The molecule has 0 bridgehead atoms. The van der Waals surface area contributed by atoms with E-state index in [-0.39, 0.29) is 0 Å². The van der Waals surface area contributed by atoms with Crippen LogP contribution < -0.4 is 5.32 Å². The molecule has 5 nitrogen and oxygen atoms in total. The van der Waals surface area contributed by atoms with Gasteiger partial charge < -0.3 is 10.1 Å². The van der Waals surface area contributed by atoms with Crippen molar-refractivity contribution in [1.82, 2.24) is 4.98 Å². The van der Waals surface area contributed by atoms with Gasteiger partial charge in [-0.3, -0.25) is 9.78 Å². The van der Waals surface area contributed by atoms with Crippen molar-refractivity contribution in [2.75, 3.05) is 5.32 Å². The summed E-state index contributed by atoms with van der Waals surface area (Å²) in [6.45, 7) is 3.38. The highest BCUT2D eigenvalue weighted by molar-refractivity contribution is 6.31. The second-order valence-corrected chi connectivity index (χ2v) is 6.31. The van der Waals surface area contributed by atoms with Gasteiger partial charge in [0.05, 0.1) is 11.1 Å². The molecule has 2 aromatic carbocycles. The van der Waals surface area contributed by atoms with Crippen molar-refractivity contribution in [3.8, 4) is 0 Å². The molecular formula is C20H17ClN2O3. The number of rotatable bonds is 4. The Morgan fingerprint density at radius 2 is 1.96 bits per heavy atom. The molecule has 0 aliphatic carbocycles. The summed E-state index contributed by atoms with van der Waals surface area (Å²) in [6, 6.07) is 13.9. The molecule has 0 saturated carbocycles. The van der Waals surface area contributed by atoms with Crippen LogP contribution in [0.25, 0.3) is 10.9 Å². The van der Waals surface area contributed by atoms with E-state index >= 15 is 0 Å². The molecule has 1 N–H and O–H groups in total. The molecule has 0 fully saturated rings. The van der Waals surface area contributed by atoms with Gasteiger partial charge in [-0.25, -0.2) is 4.79 Å². The number of amides is 1. The van der Waals surface area contributed by atoms with Gasteiger partial charge in [-0.15, -0.1) is 0 Å². The number of carbonyl (C=O) groups is 2. The highest BCUT2D eigenvalue weighted by Gasteiger charge is 2.21. The van der Waals surface area contributed by atoms with Gasteiger partial charge in [0.2, 0.25) is 0 Å². The smallest absolute Gasteiger partial charge is 0.339 e. The monoisotopic (exact) mass is 368 g/mol. The van der Waals surface area contributed by atoms with E-state index in [0.717, 1.165) is 5.56 Å². The van der Waals surface area contributed by atoms with Gasteiger partial charge in [0, 0.05) is 22.3 Å². The van der Waals surface area contributed by atoms with Crippen molar-refractivity contribution in [2.45, 2.75) is 20.0 Å². The lowest BCUT2D eigenvalue weighted by Crippen LogP contribution is -2.30. The van der Waals surface area contributed by atoms with Gasteiger partial charge in [-0.2, -0.15) is 0 Å². The summed E-state index contributed by atoms with van der Waals surface area (Å²) in [5.74, 6) is -1.00. The van der Waals surface area contributed by atoms with Crippen molar-refractivity contribution in [3.05, 3.63) is 70.9 Å². The quantitative estimate of drug-likeness (QED) is 0.694. The van der Waals surface area contributed by atoms with Crippen LogP contribution in [0.2, 0.25) is 5.02 Å². The van der Waals surface area contributed by atoms with E-state index < -0.39 is 18.0 Å². The first-order valence-corrected chi connectivity index (χ1v) is 8.45. The number of fused-ring (bicyclic) bond motifs is 1. The normalized spacial score (nSPS) is 11.8. The van der Waals surface area contributed by atoms with E-state index in [1.54, 1.807) is 48.7 Å². The standard InChI is InChI=1S/C20H17ClN2O3/c1-12-8-9-14(21)11-18(12)23-19(24)13(2)26-20(25)16-5-3-7-17-15(16)6-4-10-22-17/h3-11,13H,1-2H3,(H,23,24). The van der Waals surface area contributed by atoms with Crippen molar-refractivity contribution in [3.63, 3.8) is 0 Å². The molecule has 0 spiro atoms. The second-order valence-electron chi connectivity index (χ2n) is 5.87. The topological polar surface area (TPSA) is 68.3 Å². The Hall–Kier alpha value is -2.92. The van der Waals surface area contributed by atoms with Crippen LogP contribution in [0.4, 0.5) is 5.69 Å². The molecule has 0 aliphatic heterocycles. The predicted molar refractivity (Wildman–Crippen MR) is 101 cm³/mol. The molecule has 1 aromatic heterocycles. The van der Waals surface area contributed by atoms with Crippen molar-refractivity contribution in [1.29, 1.82) is 0 Å². The third kappa shape index (κ3) is 3.83. The number of esters is 1. The number of halogens is 1. The predicted octanol–water partition coefficient (Wildman–Crippen LogP) is 4.38. The van der Waals surface area contributed by atoms with E-state index in [9.17, 15) is 9.59 Å². The summed E-state index contributed by atoms with van der Waals surface area (Å²) in [5, 5.41) is 3.92. The first kappa shape index (κ1) is 17.9. The molecule has 3 rings (SSSR count). The van der Waals surface area contributed by atoms with E-state index in [1.165, 1.54) is 6.92 Å². The highest BCUT2D eigenvalue weighted by Crippen LogP contribution is 2.21. The molecule has 1 unspecified atom stereocenters. The zero-order chi connectivity index (χ0) is 18.7. The Morgan fingerprint density at radius 3 is 2.77 bits per heavy atom. The lowest BCUT2D eigenvalue weighted by atomic mass is 10.1. The number of aryl methyl sites for hydroxylation is 1. The van der Waals surface area contributed by atoms with Gasteiger partial charge in [-0.1, -0.05) is 29.8 Å². The van der Waals surface area contributed by atoms with Crippen LogP contribution in [0.15, 0.2) is 54.7 Å². The maximum Gasteiger partial charge on any atom is 0.339 e. The minimum atomic E-state index is -0.965. The summed E-state index contributed by atoms with van der Waals surface area (Å²) in [5.41, 5.74) is 2.50. The fourth-order valence-corrected chi connectivity index (χ4v) is 2.69. The number of hydrogen-bond donors (Lipinski definition) is 1. The van der Waals surface area contributed by atoms with E-state index in [2.05, 4.69) is 10.3 Å². The van der Waals surface area contributed by atoms with Gasteiger partial charge in [0.1, 0.15) is 0 Å². The highest BCUT2D eigenvalue weighted by atomic mass is 35.5.